The Hall–Kier alpha value is -1.96. The van der Waals surface area contributed by atoms with Crippen LogP contribution in [0.4, 0.5) is 0 Å². The second kappa shape index (κ2) is 35.9. The van der Waals surface area contributed by atoms with E-state index in [1.54, 1.807) is 18.2 Å². The maximum absolute atomic E-state index is 12.6. The average molecular weight is 853 g/mol. The molecule has 14 nitrogen and oxygen atoms in total. The van der Waals surface area contributed by atoms with Gasteiger partial charge >= 0.3 is 27.6 Å². The lowest BCUT2D eigenvalue weighted by molar-refractivity contribution is -0.161. The Bertz CT molecular complexity index is 1230. The summed E-state index contributed by atoms with van der Waals surface area (Å²) in [4.78, 5) is 52.5. The Kier molecular flexibility index (Phi) is 34.7. The lowest BCUT2D eigenvalue weighted by Gasteiger charge is -2.20. The van der Waals surface area contributed by atoms with Crippen molar-refractivity contribution < 1.29 is 66.7 Å². The molecule has 2 unspecified atom stereocenters. The van der Waals surface area contributed by atoms with Crippen LogP contribution < -0.4 is 0 Å². The van der Waals surface area contributed by atoms with Crippen LogP contribution in [0.25, 0.3) is 0 Å². The summed E-state index contributed by atoms with van der Waals surface area (Å²) in [6.07, 6.45) is 30.1. The highest BCUT2D eigenvalue weighted by atomic mass is 31.2. The number of unbranched alkanes of at least 4 members (excludes halogenated alkanes) is 12. The molecule has 0 radical (unpaired) electrons. The summed E-state index contributed by atoms with van der Waals surface area (Å²) in [6, 6.07) is 0. The van der Waals surface area contributed by atoms with Crippen molar-refractivity contribution in [2.45, 2.75) is 167 Å². The van der Waals surface area contributed by atoms with Gasteiger partial charge in [-0.25, -0.2) is 9.13 Å². The molecule has 0 rings (SSSR count). The zero-order valence-corrected chi connectivity index (χ0v) is 36.5. The largest absolute Gasteiger partial charge is 0.472 e. The number of phosphoric acid groups is 2. The molecule has 0 heterocycles. The van der Waals surface area contributed by atoms with E-state index in [0.29, 0.717) is 25.7 Å². The summed E-state index contributed by atoms with van der Waals surface area (Å²) in [5.41, 5.74) is 0. The van der Waals surface area contributed by atoms with Crippen LogP contribution in [0.2, 0.25) is 0 Å². The number of rotatable bonds is 38. The number of hydrogen-bond donors (Lipinski definition) is 5. The number of aliphatic hydroxyl groups is 2. The smallest absolute Gasteiger partial charge is 0.462 e. The van der Waals surface area contributed by atoms with Crippen molar-refractivity contribution in [3.05, 3.63) is 48.6 Å². The zero-order valence-electron chi connectivity index (χ0n) is 34.7. The molecule has 0 spiro atoms. The third-order valence-electron chi connectivity index (χ3n) is 8.47. The van der Waals surface area contributed by atoms with Gasteiger partial charge in [0.1, 0.15) is 12.7 Å². The van der Waals surface area contributed by atoms with E-state index in [0.717, 1.165) is 38.0 Å². The molecular weight excluding hydrogens is 778 g/mol. The third kappa shape index (κ3) is 40.6. The second-order valence-corrected chi connectivity index (χ2v) is 17.3. The number of allylic oxidation sites excluding steroid dienone is 6. The average Bonchev–Trinajstić information content (AvgIpc) is 3.14. The first kappa shape index (κ1) is 55.0. The fraction of sp³-hybridized carbons (Fsp3) is 0.756. The van der Waals surface area contributed by atoms with Crippen molar-refractivity contribution in [1.82, 2.24) is 0 Å². The van der Waals surface area contributed by atoms with E-state index < -0.39 is 72.3 Å². The van der Waals surface area contributed by atoms with Crippen molar-refractivity contribution in [1.29, 1.82) is 0 Å². The summed E-state index contributed by atoms with van der Waals surface area (Å²) in [5, 5.41) is 19.9. The van der Waals surface area contributed by atoms with E-state index in [4.69, 9.17) is 23.8 Å². The minimum atomic E-state index is -4.88. The van der Waals surface area contributed by atoms with Gasteiger partial charge in [-0.05, 0) is 50.9 Å². The molecule has 16 heteroatoms. The van der Waals surface area contributed by atoms with Crippen LogP contribution in [0.15, 0.2) is 48.6 Å². The lowest BCUT2D eigenvalue weighted by Crippen LogP contribution is -2.29. The zero-order chi connectivity index (χ0) is 42.6. The molecule has 57 heavy (non-hydrogen) atoms. The summed E-state index contributed by atoms with van der Waals surface area (Å²) >= 11 is 0. The Morgan fingerprint density at radius 2 is 1.23 bits per heavy atom. The van der Waals surface area contributed by atoms with Gasteiger partial charge in [0.25, 0.3) is 0 Å². The molecule has 5 N–H and O–H groups in total. The fourth-order valence-corrected chi connectivity index (χ4v) is 6.41. The highest BCUT2D eigenvalue weighted by molar-refractivity contribution is 7.47. The second-order valence-electron chi connectivity index (χ2n) is 14.6. The van der Waals surface area contributed by atoms with Crippen molar-refractivity contribution in [3.63, 3.8) is 0 Å². The normalized spacial score (nSPS) is 15.2. The van der Waals surface area contributed by atoms with Crippen molar-refractivity contribution in [2.75, 3.05) is 26.4 Å². The topological polar surface area (TPSA) is 216 Å². The number of ether oxygens (including phenoxy) is 2. The summed E-state index contributed by atoms with van der Waals surface area (Å²) < 4.78 is 47.6. The molecule has 0 aromatic rings. The van der Waals surface area contributed by atoms with E-state index in [9.17, 15) is 33.8 Å². The number of carbonyl (C=O) groups excluding carboxylic acids is 2. The molecule has 0 saturated carbocycles. The van der Waals surface area contributed by atoms with Gasteiger partial charge in [0.15, 0.2) is 6.10 Å². The van der Waals surface area contributed by atoms with Crippen molar-refractivity contribution in [2.24, 2.45) is 5.92 Å². The van der Waals surface area contributed by atoms with E-state index in [2.05, 4.69) is 42.0 Å². The molecule has 0 bridgehead atoms. The number of carbonyl (C=O) groups is 2. The van der Waals surface area contributed by atoms with Gasteiger partial charge in [0, 0.05) is 12.8 Å². The van der Waals surface area contributed by atoms with Crippen LogP contribution in [-0.2, 0) is 41.8 Å². The molecule has 332 valence electrons. The van der Waals surface area contributed by atoms with E-state index in [1.165, 1.54) is 57.8 Å². The van der Waals surface area contributed by atoms with E-state index in [-0.39, 0.29) is 12.8 Å². The first-order valence-corrected chi connectivity index (χ1v) is 23.8. The number of esters is 2. The van der Waals surface area contributed by atoms with Crippen molar-refractivity contribution >= 4 is 27.6 Å². The molecule has 0 aromatic carbocycles. The Labute approximate surface area is 342 Å². The molecular formula is C41H74O14P2. The standard InChI is InChI=1S/C41H74O14P2/c1-4-5-6-7-8-10-14-18-23-28-37(42)29-24-19-16-21-26-31-41(45)55-39(35-54-57(49,50)53-33-38(43)32-52-56(46,47)48)34-51-40(44)30-25-20-15-12-9-11-13-17-22-27-36(2)3/h8,10,16,18-19,23-24,29,36-39,42-43H,4-7,9,11-15,17,20-22,25-28,30-35H2,1-3H3,(H,49,50)(H2,46,47,48)/b10-8-,19-16+,23-18-,29-24-/t37?,38-,39+/m0/s1. The van der Waals surface area contributed by atoms with Crippen LogP contribution in [0.3, 0.4) is 0 Å². The lowest BCUT2D eigenvalue weighted by atomic mass is 10.0. The summed E-state index contributed by atoms with van der Waals surface area (Å²) in [7, 11) is -9.72. The summed E-state index contributed by atoms with van der Waals surface area (Å²) in [6.45, 7) is 3.82. The highest BCUT2D eigenvalue weighted by Gasteiger charge is 2.28. The van der Waals surface area contributed by atoms with Gasteiger partial charge in [-0.3, -0.25) is 23.2 Å². The predicted molar refractivity (Wildman–Crippen MR) is 222 cm³/mol. The Morgan fingerprint density at radius 3 is 1.89 bits per heavy atom. The van der Waals surface area contributed by atoms with Crippen LogP contribution in [0, 0.1) is 5.92 Å². The van der Waals surface area contributed by atoms with Gasteiger partial charge in [-0.1, -0.05) is 140 Å². The summed E-state index contributed by atoms with van der Waals surface area (Å²) in [5.74, 6) is -0.414. The molecule has 0 amide bonds. The minimum absolute atomic E-state index is 0.00400. The first-order chi connectivity index (χ1) is 27.1. The number of phosphoric ester groups is 2. The monoisotopic (exact) mass is 852 g/mol. The Morgan fingerprint density at radius 1 is 0.632 bits per heavy atom. The third-order valence-corrected chi connectivity index (χ3v) is 9.91. The van der Waals surface area contributed by atoms with Gasteiger partial charge in [0.2, 0.25) is 0 Å². The first-order valence-electron chi connectivity index (χ1n) is 20.8. The van der Waals surface area contributed by atoms with Gasteiger partial charge in [-0.2, -0.15) is 0 Å². The van der Waals surface area contributed by atoms with Crippen LogP contribution in [0.1, 0.15) is 149 Å². The number of aliphatic hydroxyl groups excluding tert-OH is 2. The highest BCUT2D eigenvalue weighted by Crippen LogP contribution is 2.43. The predicted octanol–water partition coefficient (Wildman–Crippen LogP) is 9.11. The Balaban J connectivity index is 4.74. The quantitative estimate of drug-likeness (QED) is 0.0129. The van der Waals surface area contributed by atoms with Crippen molar-refractivity contribution in [3.8, 4) is 0 Å². The number of hydrogen-bond acceptors (Lipinski definition) is 11. The van der Waals surface area contributed by atoms with Crippen LogP contribution in [-0.4, -0.2) is 81.6 Å². The van der Waals surface area contributed by atoms with E-state index >= 15 is 0 Å². The molecule has 0 aliphatic carbocycles. The maximum atomic E-state index is 12.6. The molecule has 0 aromatic heterocycles. The van der Waals surface area contributed by atoms with Crippen LogP contribution >= 0.6 is 15.6 Å². The fourth-order valence-electron chi connectivity index (χ4n) is 5.25. The van der Waals surface area contributed by atoms with E-state index in [1.807, 2.05) is 18.2 Å². The molecule has 0 fully saturated rings. The van der Waals surface area contributed by atoms with Gasteiger partial charge in [-0.15, -0.1) is 0 Å². The minimum Gasteiger partial charge on any atom is -0.462 e. The van der Waals surface area contributed by atoms with Gasteiger partial charge in [0.05, 0.1) is 25.9 Å². The molecule has 0 saturated heterocycles. The SMILES string of the molecule is CCCCC/C=C\C/C=C\CC(O)/C=C\C=C\CCCC(=O)O[C@H](COC(=O)CCCCCCCCCCCC(C)C)COP(=O)(O)OC[C@@H](O)COP(=O)(O)O. The molecule has 4 atom stereocenters. The maximum Gasteiger partial charge on any atom is 0.472 e. The van der Waals surface area contributed by atoms with Crippen LogP contribution in [0.5, 0.6) is 0 Å². The molecule has 0 aliphatic heterocycles. The van der Waals surface area contributed by atoms with Gasteiger partial charge < -0.3 is 34.4 Å². The molecule has 0 aliphatic rings.